The zero-order valence-corrected chi connectivity index (χ0v) is 14.7. The van der Waals surface area contributed by atoms with Gasteiger partial charge in [0.25, 0.3) is 0 Å². The maximum atomic E-state index is 11.4. The quantitative estimate of drug-likeness (QED) is 0.887. The fraction of sp³-hybridized carbons (Fsp3) is 0.316. The van der Waals surface area contributed by atoms with Crippen LogP contribution in [-0.4, -0.2) is 12.7 Å². The van der Waals surface area contributed by atoms with Gasteiger partial charge in [-0.1, -0.05) is 42.5 Å². The normalized spacial score (nSPS) is 16.6. The van der Waals surface area contributed by atoms with Gasteiger partial charge < -0.3 is 14.8 Å². The molecule has 0 aliphatic carbocycles. The van der Waals surface area contributed by atoms with Crippen LogP contribution in [0.5, 0.6) is 5.75 Å². The summed E-state index contributed by atoms with van der Waals surface area (Å²) in [4.78, 5) is 11.4. The Morgan fingerprint density at radius 3 is 2.46 bits per heavy atom. The molecule has 2 aromatic rings. The first kappa shape index (κ1) is 18.1. The topological polar surface area (TPSA) is 47.6 Å². The van der Waals surface area contributed by atoms with E-state index in [0.29, 0.717) is 13.2 Å². The summed E-state index contributed by atoms with van der Waals surface area (Å²) in [6.45, 7) is 5.09. The molecule has 0 aromatic heterocycles. The Morgan fingerprint density at radius 1 is 1.17 bits per heavy atom. The molecule has 1 amide bonds. The molecule has 2 aromatic carbocycles. The van der Waals surface area contributed by atoms with Crippen molar-refractivity contribution >= 4 is 18.5 Å². The van der Waals surface area contributed by atoms with Gasteiger partial charge >= 0.3 is 6.09 Å². The van der Waals surface area contributed by atoms with Crippen molar-refractivity contribution < 1.29 is 14.3 Å². The summed E-state index contributed by atoms with van der Waals surface area (Å²) in [5, 5.41) is 2.86. The van der Waals surface area contributed by atoms with Gasteiger partial charge in [-0.15, -0.1) is 12.4 Å². The number of hydrogen-bond acceptors (Lipinski definition) is 3. The molecular weight excluding hydrogens is 326 g/mol. The highest BCUT2D eigenvalue weighted by molar-refractivity contribution is 5.85. The van der Waals surface area contributed by atoms with Gasteiger partial charge in [0.2, 0.25) is 0 Å². The Hall–Kier alpha value is -2.20. The van der Waals surface area contributed by atoms with Crippen molar-refractivity contribution in [3.63, 3.8) is 0 Å². The zero-order chi connectivity index (χ0) is 16.2. The molecule has 1 heterocycles. The molecule has 1 saturated heterocycles. The van der Waals surface area contributed by atoms with E-state index in [1.807, 2.05) is 32.0 Å². The van der Waals surface area contributed by atoms with Gasteiger partial charge in [-0.2, -0.15) is 0 Å². The van der Waals surface area contributed by atoms with E-state index in [1.165, 1.54) is 0 Å². The molecule has 0 saturated carbocycles. The van der Waals surface area contributed by atoms with Gasteiger partial charge in [-0.05, 0) is 36.1 Å². The largest absolute Gasteiger partial charge is 0.488 e. The smallest absolute Gasteiger partial charge is 0.407 e. The Kier molecular flexibility index (Phi) is 6.10. The van der Waals surface area contributed by atoms with Crippen molar-refractivity contribution in [2.45, 2.75) is 32.9 Å². The van der Waals surface area contributed by atoms with Crippen LogP contribution in [0.3, 0.4) is 0 Å². The van der Waals surface area contributed by atoms with Crippen molar-refractivity contribution in [3.8, 4) is 5.75 Å². The number of benzene rings is 2. The molecule has 1 N–H and O–H groups in total. The van der Waals surface area contributed by atoms with Crippen LogP contribution in [0.25, 0.3) is 0 Å². The summed E-state index contributed by atoms with van der Waals surface area (Å²) in [6.07, 6.45) is 0.440. The highest BCUT2D eigenvalue weighted by Crippen LogP contribution is 2.30. The number of amides is 1. The van der Waals surface area contributed by atoms with E-state index in [4.69, 9.17) is 9.47 Å². The average molecular weight is 348 g/mol. The maximum absolute atomic E-state index is 11.4. The predicted octanol–water partition coefficient (Wildman–Crippen LogP) is 4.48. The summed E-state index contributed by atoms with van der Waals surface area (Å²) in [6, 6.07) is 14.3. The fourth-order valence-corrected chi connectivity index (χ4v) is 2.92. The molecule has 0 bridgehead atoms. The summed E-state index contributed by atoms with van der Waals surface area (Å²) in [5.74, 6) is 0.913. The summed E-state index contributed by atoms with van der Waals surface area (Å²) >= 11 is 0. The number of carbonyl (C=O) groups is 1. The standard InChI is InChI=1S/C19H21NO3.ClH/c1-13-10-16(17-8-9-22-19(21)20-17)11-14(2)18(13)23-12-15-6-4-3-5-7-15;/h3-7,10-11,17H,8-9,12H2,1-2H3,(H,20,21);1H/t17-;/m0./s1. The second kappa shape index (κ2) is 8.06. The van der Waals surface area contributed by atoms with Crippen LogP contribution in [0.15, 0.2) is 42.5 Å². The lowest BCUT2D eigenvalue weighted by molar-refractivity contribution is 0.115. The van der Waals surface area contributed by atoms with Gasteiger partial charge in [0, 0.05) is 6.42 Å². The molecule has 0 unspecified atom stereocenters. The van der Waals surface area contributed by atoms with E-state index in [9.17, 15) is 4.79 Å². The minimum atomic E-state index is -0.346. The lowest BCUT2D eigenvalue weighted by atomic mass is 9.98. The SMILES string of the molecule is Cc1cc([C@@H]2CCOC(=O)N2)cc(C)c1OCc1ccccc1.Cl. The second-order valence-corrected chi connectivity index (χ2v) is 5.88. The molecule has 3 rings (SSSR count). The van der Waals surface area contributed by atoms with E-state index >= 15 is 0 Å². The molecule has 5 heteroatoms. The van der Waals surface area contributed by atoms with Crippen LogP contribution in [0.1, 0.15) is 34.7 Å². The van der Waals surface area contributed by atoms with E-state index in [-0.39, 0.29) is 24.5 Å². The molecule has 128 valence electrons. The van der Waals surface area contributed by atoms with E-state index in [1.54, 1.807) is 0 Å². The zero-order valence-electron chi connectivity index (χ0n) is 13.9. The number of cyclic esters (lactones) is 1. The van der Waals surface area contributed by atoms with Crippen molar-refractivity contribution in [2.24, 2.45) is 0 Å². The number of aryl methyl sites for hydroxylation is 2. The predicted molar refractivity (Wildman–Crippen MR) is 95.8 cm³/mol. The number of ether oxygens (including phenoxy) is 2. The first-order valence-corrected chi connectivity index (χ1v) is 7.84. The molecular formula is C19H22ClNO3. The van der Waals surface area contributed by atoms with Crippen molar-refractivity contribution in [1.29, 1.82) is 0 Å². The summed E-state index contributed by atoms with van der Waals surface area (Å²) in [7, 11) is 0. The summed E-state index contributed by atoms with van der Waals surface area (Å²) < 4.78 is 10.9. The van der Waals surface area contributed by atoms with Crippen LogP contribution >= 0.6 is 12.4 Å². The van der Waals surface area contributed by atoms with Gasteiger partial charge in [0.15, 0.2) is 0 Å². The molecule has 1 aliphatic rings. The van der Waals surface area contributed by atoms with Gasteiger partial charge in [-0.3, -0.25) is 0 Å². The first-order valence-electron chi connectivity index (χ1n) is 7.84. The van der Waals surface area contributed by atoms with E-state index in [2.05, 4.69) is 29.6 Å². The Morgan fingerprint density at radius 2 is 1.83 bits per heavy atom. The molecule has 0 spiro atoms. The van der Waals surface area contributed by atoms with Crippen LogP contribution in [0.4, 0.5) is 4.79 Å². The first-order chi connectivity index (χ1) is 11.1. The monoisotopic (exact) mass is 347 g/mol. The van der Waals surface area contributed by atoms with E-state index in [0.717, 1.165) is 34.4 Å². The number of carbonyl (C=O) groups excluding carboxylic acids is 1. The molecule has 4 nitrogen and oxygen atoms in total. The molecule has 1 atom stereocenters. The highest BCUT2D eigenvalue weighted by Gasteiger charge is 2.22. The third-order valence-electron chi connectivity index (χ3n) is 4.04. The minimum absolute atomic E-state index is 0. The Bertz CT molecular complexity index is 680. The van der Waals surface area contributed by atoms with Crippen LogP contribution in [-0.2, 0) is 11.3 Å². The van der Waals surface area contributed by atoms with Crippen molar-refractivity contribution in [2.75, 3.05) is 6.61 Å². The van der Waals surface area contributed by atoms with Crippen molar-refractivity contribution in [1.82, 2.24) is 5.32 Å². The van der Waals surface area contributed by atoms with Crippen molar-refractivity contribution in [3.05, 3.63) is 64.7 Å². The number of rotatable bonds is 4. The fourth-order valence-electron chi connectivity index (χ4n) is 2.92. The molecule has 24 heavy (non-hydrogen) atoms. The maximum Gasteiger partial charge on any atom is 0.407 e. The molecule has 1 fully saturated rings. The van der Waals surface area contributed by atoms with Crippen LogP contribution in [0.2, 0.25) is 0 Å². The third kappa shape index (κ3) is 4.20. The van der Waals surface area contributed by atoms with Crippen LogP contribution < -0.4 is 10.1 Å². The van der Waals surface area contributed by atoms with Gasteiger partial charge in [-0.25, -0.2) is 4.79 Å². The minimum Gasteiger partial charge on any atom is -0.488 e. The summed E-state index contributed by atoms with van der Waals surface area (Å²) in [5.41, 5.74) is 4.41. The number of hydrogen-bond donors (Lipinski definition) is 1. The molecule has 1 aliphatic heterocycles. The third-order valence-corrected chi connectivity index (χ3v) is 4.04. The number of halogens is 1. The van der Waals surface area contributed by atoms with Crippen LogP contribution in [0, 0.1) is 13.8 Å². The Labute approximate surface area is 148 Å². The van der Waals surface area contributed by atoms with E-state index < -0.39 is 0 Å². The number of alkyl carbamates (subject to hydrolysis) is 1. The highest BCUT2D eigenvalue weighted by atomic mass is 35.5. The lowest BCUT2D eigenvalue weighted by Crippen LogP contribution is -2.35. The number of nitrogens with one attached hydrogen (secondary N) is 1. The van der Waals surface area contributed by atoms with Gasteiger partial charge in [0.05, 0.1) is 12.6 Å². The van der Waals surface area contributed by atoms with Gasteiger partial charge in [0.1, 0.15) is 12.4 Å². The molecule has 0 radical (unpaired) electrons. The Balaban J connectivity index is 0.00000208. The second-order valence-electron chi connectivity index (χ2n) is 5.88. The average Bonchev–Trinajstić information content (AvgIpc) is 2.55. The lowest BCUT2D eigenvalue weighted by Gasteiger charge is -2.25.